The number of carbonyl (C=O) groups is 3. The van der Waals surface area contributed by atoms with Crippen LogP contribution in [0.4, 0.5) is 11.4 Å². The van der Waals surface area contributed by atoms with Crippen LogP contribution >= 0.6 is 0 Å². The van der Waals surface area contributed by atoms with Crippen molar-refractivity contribution in [3.63, 3.8) is 0 Å². The lowest BCUT2D eigenvalue weighted by Crippen LogP contribution is -2.30. The molecule has 0 radical (unpaired) electrons. The van der Waals surface area contributed by atoms with Crippen LogP contribution < -0.4 is 10.6 Å². The molecule has 0 spiro atoms. The summed E-state index contributed by atoms with van der Waals surface area (Å²) in [6.07, 6.45) is 1.32. The Bertz CT molecular complexity index is 892. The van der Waals surface area contributed by atoms with Gasteiger partial charge in [-0.05, 0) is 49.1 Å². The number of hydrogen-bond acceptors (Lipinski definition) is 4. The third kappa shape index (κ3) is 4.34. The van der Waals surface area contributed by atoms with Crippen molar-refractivity contribution < 1.29 is 19.1 Å². The van der Waals surface area contributed by atoms with Crippen molar-refractivity contribution in [1.82, 2.24) is 0 Å². The molecule has 0 unspecified atom stereocenters. The summed E-state index contributed by atoms with van der Waals surface area (Å²) < 4.78 is 4.71. The first-order valence-electron chi connectivity index (χ1n) is 8.85. The molecule has 0 saturated carbocycles. The van der Waals surface area contributed by atoms with Gasteiger partial charge >= 0.3 is 5.97 Å². The van der Waals surface area contributed by atoms with E-state index in [2.05, 4.69) is 10.6 Å². The van der Waals surface area contributed by atoms with E-state index < -0.39 is 5.97 Å². The molecular weight excluding hydrogens is 344 g/mol. The lowest BCUT2D eigenvalue weighted by atomic mass is 9.89. The normalized spacial score (nSPS) is 15.5. The van der Waals surface area contributed by atoms with E-state index in [1.165, 1.54) is 7.11 Å². The number of anilines is 2. The van der Waals surface area contributed by atoms with Gasteiger partial charge in [0.2, 0.25) is 11.8 Å². The van der Waals surface area contributed by atoms with E-state index in [4.69, 9.17) is 4.74 Å². The average molecular weight is 366 g/mol. The quantitative estimate of drug-likeness (QED) is 0.795. The molecule has 0 aliphatic carbocycles. The van der Waals surface area contributed by atoms with Gasteiger partial charge in [-0.15, -0.1) is 0 Å². The van der Waals surface area contributed by atoms with Gasteiger partial charge in [-0.1, -0.05) is 24.3 Å². The average Bonchev–Trinajstić information content (AvgIpc) is 2.67. The zero-order valence-electron chi connectivity index (χ0n) is 15.4. The summed E-state index contributed by atoms with van der Waals surface area (Å²) in [5.74, 6) is -0.923. The van der Waals surface area contributed by atoms with Crippen molar-refractivity contribution in [2.75, 3.05) is 17.7 Å². The van der Waals surface area contributed by atoms with Crippen LogP contribution in [0.1, 0.15) is 34.3 Å². The second kappa shape index (κ2) is 8.03. The lowest BCUT2D eigenvalue weighted by molar-refractivity contribution is -0.121. The Balaban J connectivity index is 1.60. The number of para-hydroxylation sites is 1. The van der Waals surface area contributed by atoms with Crippen LogP contribution in [0.2, 0.25) is 0 Å². The highest BCUT2D eigenvalue weighted by molar-refractivity contribution is 5.97. The highest BCUT2D eigenvalue weighted by Gasteiger charge is 2.26. The molecule has 2 amide bonds. The van der Waals surface area contributed by atoms with Gasteiger partial charge in [0.1, 0.15) is 0 Å². The number of carbonyl (C=O) groups excluding carboxylic acids is 3. The predicted molar refractivity (Wildman–Crippen MR) is 103 cm³/mol. The fourth-order valence-corrected chi connectivity index (χ4v) is 3.17. The van der Waals surface area contributed by atoms with Gasteiger partial charge < -0.3 is 15.4 Å². The van der Waals surface area contributed by atoms with Gasteiger partial charge in [0.05, 0.1) is 12.7 Å². The molecule has 140 valence electrons. The number of hydrogen-bond donors (Lipinski definition) is 2. The monoisotopic (exact) mass is 366 g/mol. The molecule has 1 atom stereocenters. The number of ether oxygens (including phenoxy) is 1. The minimum Gasteiger partial charge on any atom is -0.465 e. The maximum atomic E-state index is 12.4. The van der Waals surface area contributed by atoms with Crippen LogP contribution in [0.15, 0.2) is 42.5 Å². The maximum Gasteiger partial charge on any atom is 0.337 e. The first-order valence-corrected chi connectivity index (χ1v) is 8.85. The Labute approximate surface area is 157 Å². The minimum atomic E-state index is -0.456. The van der Waals surface area contributed by atoms with E-state index in [0.29, 0.717) is 24.1 Å². The molecule has 6 heteroatoms. The molecule has 0 aromatic heterocycles. The molecule has 0 saturated heterocycles. The lowest BCUT2D eigenvalue weighted by Gasteiger charge is -2.24. The third-order valence-corrected chi connectivity index (χ3v) is 4.76. The van der Waals surface area contributed by atoms with Gasteiger partial charge in [0, 0.05) is 23.7 Å². The summed E-state index contributed by atoms with van der Waals surface area (Å²) in [4.78, 5) is 36.2. The molecule has 2 aromatic carbocycles. The van der Waals surface area contributed by atoms with E-state index >= 15 is 0 Å². The summed E-state index contributed by atoms with van der Waals surface area (Å²) in [6, 6.07) is 12.7. The van der Waals surface area contributed by atoms with Crippen LogP contribution in [-0.2, 0) is 20.7 Å². The summed E-state index contributed by atoms with van der Waals surface area (Å²) in [5, 5.41) is 5.72. The summed E-state index contributed by atoms with van der Waals surface area (Å²) in [5.41, 5.74) is 3.73. The molecule has 3 rings (SSSR count). The topological polar surface area (TPSA) is 84.5 Å². The van der Waals surface area contributed by atoms with Crippen molar-refractivity contribution in [3.05, 3.63) is 59.2 Å². The van der Waals surface area contributed by atoms with Crippen LogP contribution in [0, 0.1) is 12.8 Å². The van der Waals surface area contributed by atoms with Crippen molar-refractivity contribution in [2.24, 2.45) is 5.92 Å². The van der Waals surface area contributed by atoms with Gasteiger partial charge in [-0.25, -0.2) is 4.79 Å². The van der Waals surface area contributed by atoms with Crippen molar-refractivity contribution in [2.45, 2.75) is 26.2 Å². The number of rotatable bonds is 5. The highest BCUT2D eigenvalue weighted by atomic mass is 16.5. The Morgan fingerprint density at radius 2 is 2.00 bits per heavy atom. The van der Waals surface area contributed by atoms with Crippen molar-refractivity contribution in [3.8, 4) is 0 Å². The summed E-state index contributed by atoms with van der Waals surface area (Å²) in [6.45, 7) is 1.85. The van der Waals surface area contributed by atoms with E-state index in [1.54, 1.807) is 18.2 Å². The third-order valence-electron chi connectivity index (χ3n) is 4.76. The molecule has 27 heavy (non-hydrogen) atoms. The van der Waals surface area contributed by atoms with Gasteiger partial charge in [-0.2, -0.15) is 0 Å². The molecule has 1 aliphatic heterocycles. The Morgan fingerprint density at radius 3 is 2.78 bits per heavy atom. The Morgan fingerprint density at radius 1 is 1.22 bits per heavy atom. The Kier molecular flexibility index (Phi) is 5.54. The zero-order valence-corrected chi connectivity index (χ0v) is 15.4. The number of aryl methyl sites for hydroxylation is 1. The zero-order chi connectivity index (χ0) is 19.4. The van der Waals surface area contributed by atoms with E-state index in [1.807, 2.05) is 31.2 Å². The molecule has 2 aromatic rings. The highest BCUT2D eigenvalue weighted by Crippen LogP contribution is 2.27. The molecule has 1 aliphatic rings. The van der Waals surface area contributed by atoms with E-state index in [0.717, 1.165) is 16.8 Å². The summed E-state index contributed by atoms with van der Waals surface area (Å²) in [7, 11) is 1.31. The summed E-state index contributed by atoms with van der Waals surface area (Å²) >= 11 is 0. The van der Waals surface area contributed by atoms with E-state index in [-0.39, 0.29) is 24.2 Å². The number of nitrogens with one attached hydrogen (secondary N) is 2. The number of benzene rings is 2. The van der Waals surface area contributed by atoms with Gasteiger partial charge in [-0.3, -0.25) is 9.59 Å². The standard InChI is InChI=1S/C21H22N2O4/c1-13-7-8-16(21(26)27-2)12-18(13)22-19(24)10-9-15-11-14-5-3-4-6-17(14)23-20(15)25/h3-8,12,15H,9-11H2,1-2H3,(H,22,24)(H,23,25)/t15-/m1/s1. The number of amides is 2. The molecule has 2 N–H and O–H groups in total. The van der Waals surface area contributed by atoms with Gasteiger partial charge in [0.15, 0.2) is 0 Å². The smallest absolute Gasteiger partial charge is 0.337 e. The molecule has 0 bridgehead atoms. The minimum absolute atomic E-state index is 0.0506. The molecular formula is C21H22N2O4. The molecule has 6 nitrogen and oxygen atoms in total. The SMILES string of the molecule is COC(=O)c1ccc(C)c(NC(=O)CC[C@@H]2Cc3ccccc3NC2=O)c1. The van der Waals surface area contributed by atoms with Crippen LogP contribution in [-0.4, -0.2) is 24.9 Å². The maximum absolute atomic E-state index is 12.4. The number of fused-ring (bicyclic) bond motifs is 1. The van der Waals surface area contributed by atoms with Crippen LogP contribution in [0.3, 0.4) is 0 Å². The van der Waals surface area contributed by atoms with Crippen molar-refractivity contribution in [1.29, 1.82) is 0 Å². The second-order valence-corrected chi connectivity index (χ2v) is 6.66. The fourth-order valence-electron chi connectivity index (χ4n) is 3.17. The molecule has 1 heterocycles. The van der Waals surface area contributed by atoms with E-state index in [9.17, 15) is 14.4 Å². The second-order valence-electron chi connectivity index (χ2n) is 6.66. The Hall–Kier alpha value is -3.15. The van der Waals surface area contributed by atoms with Crippen LogP contribution in [0.5, 0.6) is 0 Å². The van der Waals surface area contributed by atoms with Gasteiger partial charge in [0.25, 0.3) is 0 Å². The fraction of sp³-hybridized carbons (Fsp3) is 0.286. The number of methoxy groups -OCH3 is 1. The van der Waals surface area contributed by atoms with Crippen molar-refractivity contribution >= 4 is 29.2 Å². The molecule has 0 fully saturated rings. The largest absolute Gasteiger partial charge is 0.465 e. The first-order chi connectivity index (χ1) is 13.0. The van der Waals surface area contributed by atoms with Crippen LogP contribution in [0.25, 0.3) is 0 Å². The number of esters is 1. The first kappa shape index (κ1) is 18.6. The predicted octanol–water partition coefficient (Wildman–Crippen LogP) is 3.31.